The minimum Gasteiger partial charge on any atom is -0.462 e. The Kier molecular flexibility index (Phi) is 8.35. The van der Waals surface area contributed by atoms with Crippen molar-refractivity contribution in [2.24, 2.45) is 0 Å². The van der Waals surface area contributed by atoms with Crippen LogP contribution in [0.25, 0.3) is 11.1 Å². The zero-order valence-electron chi connectivity index (χ0n) is 21.6. The van der Waals surface area contributed by atoms with E-state index in [0.29, 0.717) is 21.2 Å². The van der Waals surface area contributed by atoms with E-state index in [4.69, 9.17) is 9.72 Å². The number of thiophene rings is 1. The minimum absolute atomic E-state index is 0.0638. The standard InChI is InChI=1S/C29H31N3O3S2/c1-5-35-28(34)25-19-13-9-10-14-22(19)37-27(25)32-24(33)17-36-26-21(16-30)20(18-11-7-6-8-12-18)15-23(31-26)29(2,3)4/h6-8,11-12,15H,5,9-10,13-14,17H2,1-4H3,(H,32,33). The van der Waals surface area contributed by atoms with Crippen molar-refractivity contribution in [2.45, 2.75) is 63.8 Å². The summed E-state index contributed by atoms with van der Waals surface area (Å²) in [4.78, 5) is 31.7. The molecule has 6 nitrogen and oxygen atoms in total. The van der Waals surface area contributed by atoms with Gasteiger partial charge in [-0.15, -0.1) is 11.3 Å². The highest BCUT2D eigenvalue weighted by atomic mass is 32.2. The van der Waals surface area contributed by atoms with Gasteiger partial charge >= 0.3 is 5.97 Å². The van der Waals surface area contributed by atoms with Crippen molar-refractivity contribution in [1.82, 2.24) is 4.98 Å². The molecule has 0 saturated heterocycles. The smallest absolute Gasteiger partial charge is 0.341 e. The van der Waals surface area contributed by atoms with Crippen molar-refractivity contribution >= 4 is 40.0 Å². The van der Waals surface area contributed by atoms with Gasteiger partial charge in [0.05, 0.1) is 23.5 Å². The summed E-state index contributed by atoms with van der Waals surface area (Å²) in [5, 5.41) is 14.1. The van der Waals surface area contributed by atoms with Crippen molar-refractivity contribution in [3.63, 3.8) is 0 Å². The fourth-order valence-electron chi connectivity index (χ4n) is 4.33. The first-order valence-corrected chi connectivity index (χ1v) is 14.3. The normalized spacial score (nSPS) is 12.9. The number of amides is 1. The second kappa shape index (κ2) is 11.5. The Labute approximate surface area is 226 Å². The number of pyridine rings is 1. The van der Waals surface area contributed by atoms with Gasteiger partial charge in [0.25, 0.3) is 0 Å². The van der Waals surface area contributed by atoms with Crippen molar-refractivity contribution in [3.8, 4) is 17.2 Å². The summed E-state index contributed by atoms with van der Waals surface area (Å²) in [6.07, 6.45) is 3.83. The van der Waals surface area contributed by atoms with E-state index in [1.54, 1.807) is 6.92 Å². The van der Waals surface area contributed by atoms with E-state index < -0.39 is 0 Å². The number of fused-ring (bicyclic) bond motifs is 1. The monoisotopic (exact) mass is 533 g/mol. The van der Waals surface area contributed by atoms with Crippen LogP contribution in [0.5, 0.6) is 0 Å². The highest BCUT2D eigenvalue weighted by molar-refractivity contribution is 8.00. The lowest BCUT2D eigenvalue weighted by Crippen LogP contribution is -2.18. The average Bonchev–Trinajstić information content (AvgIpc) is 3.24. The fraction of sp³-hybridized carbons (Fsp3) is 0.379. The third kappa shape index (κ3) is 6.06. The summed E-state index contributed by atoms with van der Waals surface area (Å²) in [6.45, 7) is 8.29. The maximum Gasteiger partial charge on any atom is 0.341 e. The van der Waals surface area contributed by atoms with Gasteiger partial charge in [0.1, 0.15) is 16.1 Å². The molecule has 1 aliphatic carbocycles. The maximum atomic E-state index is 13.1. The van der Waals surface area contributed by atoms with E-state index in [0.717, 1.165) is 52.9 Å². The second-order valence-corrected chi connectivity index (χ2v) is 12.0. The number of thioether (sulfide) groups is 1. The van der Waals surface area contributed by atoms with Gasteiger partial charge in [0, 0.05) is 21.5 Å². The Balaban J connectivity index is 1.61. The lowest BCUT2D eigenvalue weighted by Gasteiger charge is -2.21. The zero-order chi connectivity index (χ0) is 26.6. The molecule has 0 atom stereocenters. The summed E-state index contributed by atoms with van der Waals surface area (Å²) in [7, 11) is 0. The molecule has 37 heavy (non-hydrogen) atoms. The van der Waals surface area contributed by atoms with Crippen LogP contribution < -0.4 is 5.32 Å². The van der Waals surface area contributed by atoms with Crippen LogP contribution in [0.1, 0.15) is 72.6 Å². The lowest BCUT2D eigenvalue weighted by molar-refractivity contribution is -0.113. The number of aromatic nitrogens is 1. The number of benzene rings is 1. The van der Waals surface area contributed by atoms with E-state index in [2.05, 4.69) is 32.2 Å². The molecule has 0 saturated carbocycles. The van der Waals surface area contributed by atoms with Crippen LogP contribution >= 0.6 is 23.1 Å². The number of hydrogen-bond donors (Lipinski definition) is 1. The van der Waals surface area contributed by atoms with Gasteiger partial charge in [-0.2, -0.15) is 5.26 Å². The Hall–Kier alpha value is -3.15. The molecular weight excluding hydrogens is 502 g/mol. The number of hydrogen-bond acceptors (Lipinski definition) is 7. The molecule has 192 valence electrons. The topological polar surface area (TPSA) is 92.1 Å². The van der Waals surface area contributed by atoms with E-state index in [9.17, 15) is 14.9 Å². The zero-order valence-corrected chi connectivity index (χ0v) is 23.3. The molecule has 2 aromatic heterocycles. The summed E-state index contributed by atoms with van der Waals surface area (Å²) < 4.78 is 5.30. The van der Waals surface area contributed by atoms with Gasteiger partial charge in [0.2, 0.25) is 5.91 Å². The number of nitriles is 1. The SMILES string of the molecule is CCOC(=O)c1c(NC(=O)CSc2nc(C(C)(C)C)cc(-c3ccccc3)c2C#N)sc2c1CCCC2. The number of nitrogens with one attached hydrogen (secondary N) is 1. The van der Waals surface area contributed by atoms with Crippen LogP contribution in [0.15, 0.2) is 41.4 Å². The van der Waals surface area contributed by atoms with Gasteiger partial charge in [-0.05, 0) is 49.8 Å². The van der Waals surface area contributed by atoms with Crippen molar-refractivity contribution in [1.29, 1.82) is 5.26 Å². The molecule has 4 rings (SSSR count). The summed E-state index contributed by atoms with van der Waals surface area (Å²) in [5.41, 5.74) is 4.32. The molecule has 1 N–H and O–H groups in total. The molecule has 1 amide bonds. The second-order valence-electron chi connectivity index (χ2n) is 9.94. The van der Waals surface area contributed by atoms with Crippen LogP contribution in [0.2, 0.25) is 0 Å². The van der Waals surface area contributed by atoms with Crippen LogP contribution in [0, 0.1) is 11.3 Å². The minimum atomic E-state index is -0.385. The first-order chi connectivity index (χ1) is 17.7. The molecule has 0 radical (unpaired) electrons. The van der Waals surface area contributed by atoms with Crippen molar-refractivity contribution in [2.75, 3.05) is 17.7 Å². The van der Waals surface area contributed by atoms with Crippen LogP contribution in [0.4, 0.5) is 5.00 Å². The molecule has 1 aliphatic rings. The van der Waals surface area contributed by atoms with E-state index >= 15 is 0 Å². The van der Waals surface area contributed by atoms with E-state index in [-0.39, 0.29) is 29.7 Å². The molecule has 8 heteroatoms. The molecular formula is C29H31N3O3S2. The largest absolute Gasteiger partial charge is 0.462 e. The van der Waals surface area contributed by atoms with Crippen molar-refractivity contribution < 1.29 is 14.3 Å². The van der Waals surface area contributed by atoms with Gasteiger partial charge in [-0.25, -0.2) is 9.78 Å². The van der Waals surface area contributed by atoms with Gasteiger partial charge in [-0.3, -0.25) is 4.79 Å². The Morgan fingerprint density at radius 2 is 1.92 bits per heavy atom. The molecule has 0 aliphatic heterocycles. The van der Waals surface area contributed by atoms with Crippen LogP contribution in [0.3, 0.4) is 0 Å². The molecule has 0 fully saturated rings. The maximum absolute atomic E-state index is 13.1. The third-order valence-electron chi connectivity index (χ3n) is 6.20. The Morgan fingerprint density at radius 1 is 1.19 bits per heavy atom. The van der Waals surface area contributed by atoms with Gasteiger partial charge in [-0.1, -0.05) is 62.9 Å². The summed E-state index contributed by atoms with van der Waals surface area (Å²) >= 11 is 2.71. The number of rotatable bonds is 7. The number of carbonyl (C=O) groups is 2. The van der Waals surface area contributed by atoms with Gasteiger partial charge in [0.15, 0.2) is 0 Å². The number of aryl methyl sites for hydroxylation is 1. The molecule has 0 unspecified atom stereocenters. The molecule has 3 aromatic rings. The number of esters is 1. The number of carbonyl (C=O) groups excluding carboxylic acids is 2. The quantitative estimate of drug-likeness (QED) is 0.266. The Morgan fingerprint density at radius 3 is 2.59 bits per heavy atom. The predicted molar refractivity (Wildman–Crippen MR) is 149 cm³/mol. The molecule has 1 aromatic carbocycles. The van der Waals surface area contributed by atoms with Crippen LogP contribution in [-0.2, 0) is 27.8 Å². The first-order valence-electron chi connectivity index (χ1n) is 12.5. The summed E-state index contributed by atoms with van der Waals surface area (Å²) in [6, 6.07) is 14.0. The number of nitrogens with zero attached hydrogens (tertiary/aromatic N) is 2. The van der Waals surface area contributed by atoms with E-state index in [1.807, 2.05) is 36.4 Å². The number of anilines is 1. The van der Waals surface area contributed by atoms with Crippen LogP contribution in [-0.4, -0.2) is 29.2 Å². The molecule has 0 spiro atoms. The highest BCUT2D eigenvalue weighted by Crippen LogP contribution is 2.39. The predicted octanol–water partition coefficient (Wildman–Crippen LogP) is 6.77. The summed E-state index contributed by atoms with van der Waals surface area (Å²) in [5.74, 6) is -0.570. The Bertz CT molecular complexity index is 1350. The fourth-order valence-corrected chi connectivity index (χ4v) is 6.43. The van der Waals surface area contributed by atoms with Crippen molar-refractivity contribution in [3.05, 3.63) is 63.7 Å². The molecule has 2 heterocycles. The lowest BCUT2D eigenvalue weighted by atomic mass is 9.89. The van der Waals surface area contributed by atoms with E-state index in [1.165, 1.54) is 23.1 Å². The molecule has 0 bridgehead atoms. The highest BCUT2D eigenvalue weighted by Gasteiger charge is 2.28. The average molecular weight is 534 g/mol. The first kappa shape index (κ1) is 26.9. The van der Waals surface area contributed by atoms with Gasteiger partial charge < -0.3 is 10.1 Å². The number of ether oxygens (including phenoxy) is 1. The third-order valence-corrected chi connectivity index (χ3v) is 8.38.